The molecule has 1 aliphatic heterocycles. The second kappa shape index (κ2) is 10.2. The number of phenolic OH excluding ortho intramolecular Hbond substituents is 1. The molecule has 3 aromatic rings. The standard InChI is InChI=1S/C30H35NO3/c1-33-30(34-2)23-16-18-31(19-17-23)25-11-8-22(9-12-25)29-27(21-6-4-3-5-7-21)14-10-24-20-26(32)13-15-28(24)29/h3-9,11-13,15,20,23,27,29-30,32H,10,14,16-19H2,1-2H3/t27-,29+/m1/s1/i3D,4D,5D,6D,7D. The highest BCUT2D eigenvalue weighted by Crippen LogP contribution is 2.47. The van der Waals surface area contributed by atoms with Gasteiger partial charge in [0.05, 0.1) is 6.85 Å². The zero-order valence-corrected chi connectivity index (χ0v) is 19.8. The molecule has 1 heterocycles. The van der Waals surface area contributed by atoms with Gasteiger partial charge in [0, 0.05) is 44.8 Å². The van der Waals surface area contributed by atoms with Gasteiger partial charge in [-0.2, -0.15) is 0 Å². The number of nitrogens with zero attached hydrogens (tertiary/aromatic N) is 1. The number of aromatic hydroxyl groups is 1. The molecule has 2 atom stereocenters. The molecule has 2 aliphatic rings. The van der Waals surface area contributed by atoms with E-state index < -0.39 is 0 Å². The molecule has 0 saturated carbocycles. The van der Waals surface area contributed by atoms with Crippen molar-refractivity contribution >= 4 is 5.69 Å². The fourth-order valence-electron chi connectivity index (χ4n) is 5.78. The van der Waals surface area contributed by atoms with Gasteiger partial charge in [0.1, 0.15) is 5.75 Å². The molecular weight excluding hydrogens is 422 g/mol. The zero-order chi connectivity index (χ0) is 27.8. The Morgan fingerprint density at radius 1 is 0.912 bits per heavy atom. The average molecular weight is 463 g/mol. The number of methoxy groups -OCH3 is 2. The maximum absolute atomic E-state index is 10.1. The number of anilines is 1. The molecule has 4 heteroatoms. The Kier molecular flexibility index (Phi) is 5.28. The average Bonchev–Trinajstić information content (AvgIpc) is 2.96. The maximum atomic E-state index is 10.1. The third-order valence-electron chi connectivity index (χ3n) is 7.49. The Morgan fingerprint density at radius 2 is 1.62 bits per heavy atom. The minimum atomic E-state index is -0.373. The van der Waals surface area contributed by atoms with Gasteiger partial charge >= 0.3 is 0 Å². The minimum Gasteiger partial charge on any atom is -0.508 e. The van der Waals surface area contributed by atoms with Crippen LogP contribution in [0.5, 0.6) is 5.75 Å². The first kappa shape index (κ1) is 17.6. The lowest BCUT2D eigenvalue weighted by molar-refractivity contribution is -0.141. The summed E-state index contributed by atoms with van der Waals surface area (Å²) in [7, 11) is 3.36. The van der Waals surface area contributed by atoms with E-state index >= 15 is 0 Å². The molecule has 1 N–H and O–H groups in total. The predicted octanol–water partition coefficient (Wildman–Crippen LogP) is 6.09. The van der Waals surface area contributed by atoms with Crippen molar-refractivity contribution in [3.8, 4) is 5.75 Å². The van der Waals surface area contributed by atoms with Crippen molar-refractivity contribution in [2.45, 2.75) is 43.8 Å². The highest BCUT2D eigenvalue weighted by molar-refractivity contribution is 5.52. The van der Waals surface area contributed by atoms with Crippen LogP contribution < -0.4 is 4.90 Å². The lowest BCUT2D eigenvalue weighted by atomic mass is 9.69. The molecule has 34 heavy (non-hydrogen) atoms. The van der Waals surface area contributed by atoms with Crippen molar-refractivity contribution in [2.24, 2.45) is 5.92 Å². The van der Waals surface area contributed by atoms with E-state index in [2.05, 4.69) is 29.2 Å². The summed E-state index contributed by atoms with van der Waals surface area (Å²) in [6.45, 7) is 1.81. The molecule has 1 saturated heterocycles. The molecule has 3 aromatic carbocycles. The molecule has 0 radical (unpaired) electrons. The van der Waals surface area contributed by atoms with E-state index in [-0.39, 0.29) is 54.1 Å². The quantitative estimate of drug-likeness (QED) is 0.450. The summed E-state index contributed by atoms with van der Waals surface area (Å²) in [5.41, 5.74) is 4.57. The van der Waals surface area contributed by atoms with Crippen LogP contribution in [0.4, 0.5) is 5.69 Å². The number of benzene rings is 3. The van der Waals surface area contributed by atoms with Crippen LogP contribution in [0.1, 0.15) is 60.2 Å². The molecule has 1 fully saturated rings. The van der Waals surface area contributed by atoms with Crippen molar-refractivity contribution in [3.63, 3.8) is 0 Å². The second-order valence-electron chi connectivity index (χ2n) is 9.30. The smallest absolute Gasteiger partial charge is 0.159 e. The molecule has 0 unspecified atom stereocenters. The van der Waals surface area contributed by atoms with E-state index in [1.54, 1.807) is 26.4 Å². The van der Waals surface area contributed by atoms with Crippen LogP contribution in [0.2, 0.25) is 0 Å². The number of hydrogen-bond acceptors (Lipinski definition) is 4. The van der Waals surface area contributed by atoms with Crippen LogP contribution in [0.3, 0.4) is 0 Å². The molecule has 0 amide bonds. The highest BCUT2D eigenvalue weighted by atomic mass is 16.7. The van der Waals surface area contributed by atoms with Crippen LogP contribution in [-0.4, -0.2) is 38.7 Å². The van der Waals surface area contributed by atoms with Gasteiger partial charge in [-0.15, -0.1) is 0 Å². The van der Waals surface area contributed by atoms with Gasteiger partial charge in [0.2, 0.25) is 0 Å². The van der Waals surface area contributed by atoms with E-state index in [1.165, 1.54) is 0 Å². The van der Waals surface area contributed by atoms with Gasteiger partial charge in [-0.3, -0.25) is 0 Å². The second-order valence-corrected chi connectivity index (χ2v) is 9.30. The molecular formula is C30H35NO3. The van der Waals surface area contributed by atoms with E-state index in [0.29, 0.717) is 24.3 Å². The lowest BCUT2D eigenvalue weighted by Crippen LogP contribution is -2.39. The number of fused-ring (bicyclic) bond motifs is 1. The van der Waals surface area contributed by atoms with Gasteiger partial charge in [-0.05, 0) is 78.1 Å². The number of aryl methyl sites for hydroxylation is 1. The zero-order valence-electron chi connectivity index (χ0n) is 24.8. The summed E-state index contributed by atoms with van der Waals surface area (Å²) in [5.74, 6) is 0.0690. The van der Waals surface area contributed by atoms with Gasteiger partial charge in [0.15, 0.2) is 6.29 Å². The lowest BCUT2D eigenvalue weighted by Gasteiger charge is -2.37. The molecule has 1 aliphatic carbocycles. The monoisotopic (exact) mass is 462 g/mol. The van der Waals surface area contributed by atoms with Crippen molar-refractivity contribution in [3.05, 3.63) is 94.9 Å². The number of phenols is 1. The number of piperidine rings is 1. The molecule has 178 valence electrons. The van der Waals surface area contributed by atoms with Gasteiger partial charge in [-0.1, -0.05) is 48.4 Å². The summed E-state index contributed by atoms with van der Waals surface area (Å²) in [4.78, 5) is 2.36. The summed E-state index contributed by atoms with van der Waals surface area (Å²) in [5, 5.41) is 10.1. The van der Waals surface area contributed by atoms with Gasteiger partial charge in [-0.25, -0.2) is 0 Å². The van der Waals surface area contributed by atoms with E-state index in [4.69, 9.17) is 16.3 Å². The maximum Gasteiger partial charge on any atom is 0.159 e. The van der Waals surface area contributed by atoms with Crippen LogP contribution in [0.25, 0.3) is 0 Å². The van der Waals surface area contributed by atoms with Crippen molar-refractivity contribution < 1.29 is 21.4 Å². The van der Waals surface area contributed by atoms with Crippen LogP contribution >= 0.6 is 0 Å². The molecule has 5 rings (SSSR count). The molecule has 4 nitrogen and oxygen atoms in total. The number of hydrogen-bond donors (Lipinski definition) is 1. The third kappa shape index (κ3) is 4.57. The first-order valence-electron chi connectivity index (χ1n) is 14.5. The van der Waals surface area contributed by atoms with E-state index in [0.717, 1.165) is 48.3 Å². The highest BCUT2D eigenvalue weighted by Gasteiger charge is 2.32. The topological polar surface area (TPSA) is 41.9 Å². The van der Waals surface area contributed by atoms with Gasteiger partial charge < -0.3 is 19.5 Å². The Balaban J connectivity index is 1.49. The van der Waals surface area contributed by atoms with Gasteiger partial charge in [0.25, 0.3) is 0 Å². The van der Waals surface area contributed by atoms with Crippen molar-refractivity contribution in [1.82, 2.24) is 0 Å². The molecule has 0 bridgehead atoms. The first-order chi connectivity index (χ1) is 18.7. The Bertz CT molecular complexity index is 1310. The number of rotatable bonds is 6. The molecule has 0 aromatic heterocycles. The summed E-state index contributed by atoms with van der Waals surface area (Å²) in [6.07, 6.45) is 3.05. The Labute approximate surface area is 210 Å². The van der Waals surface area contributed by atoms with E-state index in [9.17, 15) is 5.11 Å². The normalized spacial score (nSPS) is 23.0. The fraction of sp³-hybridized carbons (Fsp3) is 0.400. The largest absolute Gasteiger partial charge is 0.508 e. The van der Waals surface area contributed by atoms with Crippen LogP contribution in [0.15, 0.2) is 72.7 Å². The summed E-state index contributed by atoms with van der Waals surface area (Å²) >= 11 is 0. The number of ether oxygens (including phenoxy) is 2. The van der Waals surface area contributed by atoms with E-state index in [1.807, 2.05) is 6.07 Å². The van der Waals surface area contributed by atoms with Crippen LogP contribution in [0, 0.1) is 5.92 Å². The summed E-state index contributed by atoms with van der Waals surface area (Å²) < 4.78 is 52.8. The molecule has 0 spiro atoms. The Morgan fingerprint density at radius 3 is 2.29 bits per heavy atom. The Hall–Kier alpha value is -2.82. The minimum absolute atomic E-state index is 0.136. The first-order valence-corrected chi connectivity index (χ1v) is 12.0. The van der Waals surface area contributed by atoms with Crippen LogP contribution in [-0.2, 0) is 15.9 Å². The van der Waals surface area contributed by atoms with Crippen molar-refractivity contribution in [2.75, 3.05) is 32.2 Å². The summed E-state index contributed by atoms with van der Waals surface area (Å²) in [6, 6.07) is 12.6. The SMILES string of the molecule is [2H]c1c([2H])c([2H])c([C@H]2CCc3cc(O)ccc3[C@H]2c2ccc(N3CCC(C(OC)OC)CC3)cc2)c([2H])c1[2H]. The third-order valence-corrected chi connectivity index (χ3v) is 7.49. The predicted molar refractivity (Wildman–Crippen MR) is 137 cm³/mol. The van der Waals surface area contributed by atoms with Crippen molar-refractivity contribution in [1.29, 1.82) is 0 Å². The fourth-order valence-corrected chi connectivity index (χ4v) is 5.78.